The third kappa shape index (κ3) is 4.38. The lowest BCUT2D eigenvalue weighted by Gasteiger charge is -2.33. The van der Waals surface area contributed by atoms with E-state index in [2.05, 4.69) is 10.8 Å². The summed E-state index contributed by atoms with van der Waals surface area (Å²) in [5.74, 6) is 0. The van der Waals surface area contributed by atoms with Gasteiger partial charge in [-0.25, -0.2) is 13.1 Å². The number of nitrogens with zero attached hydrogens (tertiary/aromatic N) is 1. The van der Waals surface area contributed by atoms with Crippen LogP contribution in [0.2, 0.25) is 0 Å². The van der Waals surface area contributed by atoms with Crippen LogP contribution in [0.15, 0.2) is 48.5 Å². The first-order valence-electron chi connectivity index (χ1n) is 9.14. The van der Waals surface area contributed by atoms with Crippen molar-refractivity contribution in [3.05, 3.63) is 59.7 Å². The lowest BCUT2D eigenvalue weighted by atomic mass is 9.94. The van der Waals surface area contributed by atoms with Crippen LogP contribution in [0, 0.1) is 11.3 Å². The molecule has 1 N–H and O–H groups in total. The van der Waals surface area contributed by atoms with Crippen LogP contribution in [0.5, 0.6) is 0 Å². The lowest BCUT2D eigenvalue weighted by molar-refractivity contribution is -0.00446. The summed E-state index contributed by atoms with van der Waals surface area (Å²) < 4.78 is 33.3. The first-order chi connectivity index (χ1) is 12.9. The van der Waals surface area contributed by atoms with Gasteiger partial charge in [0, 0.05) is 6.61 Å². The second-order valence-corrected chi connectivity index (χ2v) is 9.30. The van der Waals surface area contributed by atoms with Crippen molar-refractivity contribution in [2.45, 2.75) is 44.1 Å². The molecule has 142 valence electrons. The maximum Gasteiger partial charge on any atom is 0.214 e. The summed E-state index contributed by atoms with van der Waals surface area (Å²) in [6.07, 6.45) is 1.26. The number of rotatable bonds is 5. The molecular formula is C21H24N2O3S. The molecule has 0 aromatic heterocycles. The monoisotopic (exact) mass is 384 g/mol. The van der Waals surface area contributed by atoms with Crippen molar-refractivity contribution in [3.63, 3.8) is 0 Å². The zero-order chi connectivity index (χ0) is 19.4. The largest absolute Gasteiger partial charge is 0.372 e. The Morgan fingerprint density at radius 2 is 1.85 bits per heavy atom. The molecule has 2 aromatic carbocycles. The highest BCUT2D eigenvalue weighted by Crippen LogP contribution is 2.31. The van der Waals surface area contributed by atoms with Crippen LogP contribution < -0.4 is 4.72 Å². The number of hydrogen-bond donors (Lipinski definition) is 1. The van der Waals surface area contributed by atoms with E-state index in [0.29, 0.717) is 12.2 Å². The molecule has 0 aliphatic carbocycles. The standard InChI is InChI=1S/C21H24N2O3S/c1-15(2)27(24,25)23-20-8-5-13-26-21(20)17-11-9-16(10-12-17)19-7-4-3-6-18(19)14-22/h3-4,6-7,9-12,15,20-21,23H,5,8,13H2,1-2H3/t20-,21-/m1/s1. The van der Waals surface area contributed by atoms with Gasteiger partial charge in [0.1, 0.15) is 0 Å². The third-order valence-corrected chi connectivity index (χ3v) is 6.73. The van der Waals surface area contributed by atoms with Gasteiger partial charge in [0.2, 0.25) is 10.0 Å². The molecule has 2 aromatic rings. The van der Waals surface area contributed by atoms with Gasteiger partial charge in [-0.3, -0.25) is 0 Å². The number of benzene rings is 2. The Morgan fingerprint density at radius 3 is 2.52 bits per heavy atom. The molecule has 1 fully saturated rings. The lowest BCUT2D eigenvalue weighted by Crippen LogP contribution is -2.45. The van der Waals surface area contributed by atoms with E-state index >= 15 is 0 Å². The minimum absolute atomic E-state index is 0.275. The molecule has 0 spiro atoms. The predicted octanol–water partition coefficient (Wildman–Crippen LogP) is 3.77. The van der Waals surface area contributed by atoms with Crippen LogP contribution in [0.1, 0.15) is 43.9 Å². The van der Waals surface area contributed by atoms with Crippen molar-refractivity contribution >= 4 is 10.0 Å². The van der Waals surface area contributed by atoms with E-state index in [-0.39, 0.29) is 12.1 Å². The molecule has 27 heavy (non-hydrogen) atoms. The Balaban J connectivity index is 1.85. The minimum atomic E-state index is -3.36. The number of hydrogen-bond acceptors (Lipinski definition) is 4. The molecule has 2 atom stereocenters. The smallest absolute Gasteiger partial charge is 0.214 e. The van der Waals surface area contributed by atoms with Crippen LogP contribution in [0.25, 0.3) is 11.1 Å². The van der Waals surface area contributed by atoms with E-state index in [1.807, 2.05) is 42.5 Å². The van der Waals surface area contributed by atoms with Crippen molar-refractivity contribution in [1.29, 1.82) is 5.26 Å². The van der Waals surface area contributed by atoms with Crippen LogP contribution in [0.4, 0.5) is 0 Å². The number of nitrogens with one attached hydrogen (secondary N) is 1. The predicted molar refractivity (Wildman–Crippen MR) is 105 cm³/mol. The Morgan fingerprint density at radius 1 is 1.15 bits per heavy atom. The molecule has 6 heteroatoms. The Bertz CT molecular complexity index is 931. The molecule has 1 heterocycles. The summed E-state index contributed by atoms with van der Waals surface area (Å²) in [5.41, 5.74) is 3.39. The summed E-state index contributed by atoms with van der Waals surface area (Å²) in [4.78, 5) is 0. The van der Waals surface area contributed by atoms with E-state index in [1.165, 1.54) is 0 Å². The van der Waals surface area contributed by atoms with Gasteiger partial charge in [-0.15, -0.1) is 0 Å². The third-order valence-electron chi connectivity index (χ3n) is 4.86. The van der Waals surface area contributed by atoms with Crippen molar-refractivity contribution < 1.29 is 13.2 Å². The topological polar surface area (TPSA) is 79.2 Å². The fourth-order valence-corrected chi connectivity index (χ4v) is 4.20. The molecule has 0 radical (unpaired) electrons. The molecule has 0 unspecified atom stereocenters. The summed E-state index contributed by atoms with van der Waals surface area (Å²) in [6.45, 7) is 3.95. The number of ether oxygens (including phenoxy) is 1. The number of nitriles is 1. The highest BCUT2D eigenvalue weighted by molar-refractivity contribution is 7.90. The normalized spacial score (nSPS) is 20.4. The van der Waals surface area contributed by atoms with Crippen LogP contribution >= 0.6 is 0 Å². The first kappa shape index (κ1) is 19.6. The molecule has 1 aliphatic rings. The van der Waals surface area contributed by atoms with Crippen LogP contribution in [-0.2, 0) is 14.8 Å². The van der Waals surface area contributed by atoms with Crippen molar-refractivity contribution in [3.8, 4) is 17.2 Å². The van der Waals surface area contributed by atoms with Crippen LogP contribution in [0.3, 0.4) is 0 Å². The average Bonchev–Trinajstić information content (AvgIpc) is 2.68. The van der Waals surface area contributed by atoms with E-state index < -0.39 is 15.3 Å². The summed E-state index contributed by atoms with van der Waals surface area (Å²) >= 11 is 0. The maximum absolute atomic E-state index is 12.3. The molecule has 1 aliphatic heterocycles. The highest BCUT2D eigenvalue weighted by atomic mass is 32.2. The van der Waals surface area contributed by atoms with Gasteiger partial charge in [-0.1, -0.05) is 42.5 Å². The number of sulfonamides is 1. The molecule has 1 saturated heterocycles. The fourth-order valence-electron chi connectivity index (χ4n) is 3.26. The van der Waals surface area contributed by atoms with Gasteiger partial charge in [0.25, 0.3) is 0 Å². The molecule has 0 amide bonds. The van der Waals surface area contributed by atoms with Gasteiger partial charge >= 0.3 is 0 Å². The summed E-state index contributed by atoms with van der Waals surface area (Å²) in [6, 6.07) is 17.2. The zero-order valence-electron chi connectivity index (χ0n) is 15.6. The van der Waals surface area contributed by atoms with Crippen LogP contribution in [-0.4, -0.2) is 26.3 Å². The van der Waals surface area contributed by atoms with E-state index in [0.717, 1.165) is 29.5 Å². The Hall–Kier alpha value is -2.20. The van der Waals surface area contributed by atoms with Crippen molar-refractivity contribution in [2.24, 2.45) is 0 Å². The van der Waals surface area contributed by atoms with Gasteiger partial charge in [-0.05, 0) is 49.4 Å². The fraction of sp³-hybridized carbons (Fsp3) is 0.381. The zero-order valence-corrected chi connectivity index (χ0v) is 16.4. The highest BCUT2D eigenvalue weighted by Gasteiger charge is 2.31. The maximum atomic E-state index is 12.3. The molecule has 3 rings (SSSR count). The molecule has 0 bridgehead atoms. The summed E-state index contributed by atoms with van der Waals surface area (Å²) in [5, 5.41) is 8.81. The van der Waals surface area contributed by atoms with Gasteiger partial charge in [0.05, 0.1) is 29.0 Å². The second-order valence-electron chi connectivity index (χ2n) is 7.03. The summed E-state index contributed by atoms with van der Waals surface area (Å²) in [7, 11) is -3.36. The molecule has 0 saturated carbocycles. The quantitative estimate of drug-likeness (QED) is 0.851. The van der Waals surface area contributed by atoms with E-state index in [4.69, 9.17) is 4.74 Å². The van der Waals surface area contributed by atoms with Gasteiger partial charge in [0.15, 0.2) is 0 Å². The van der Waals surface area contributed by atoms with E-state index in [9.17, 15) is 13.7 Å². The van der Waals surface area contributed by atoms with Crippen molar-refractivity contribution in [2.75, 3.05) is 6.61 Å². The van der Waals surface area contributed by atoms with Gasteiger partial charge in [-0.2, -0.15) is 5.26 Å². The van der Waals surface area contributed by atoms with Crippen molar-refractivity contribution in [1.82, 2.24) is 4.72 Å². The molecule has 5 nitrogen and oxygen atoms in total. The molecular weight excluding hydrogens is 360 g/mol. The van der Waals surface area contributed by atoms with E-state index in [1.54, 1.807) is 19.9 Å². The Labute approximate surface area is 161 Å². The first-order valence-corrected chi connectivity index (χ1v) is 10.7. The average molecular weight is 385 g/mol. The second kappa shape index (κ2) is 8.22. The SMILES string of the molecule is CC(C)S(=O)(=O)N[C@@H]1CCCO[C@@H]1c1ccc(-c2ccccc2C#N)cc1. The van der Waals surface area contributed by atoms with Gasteiger partial charge < -0.3 is 4.74 Å². The Kier molecular flexibility index (Phi) is 5.95. The minimum Gasteiger partial charge on any atom is -0.372 e.